The van der Waals surface area contributed by atoms with E-state index in [-0.39, 0.29) is 11.1 Å². The molecule has 3 unspecified atom stereocenters. The SMILES string of the molecule is CCC(C)(C)N(P)CCC(C)(C)N(P)P. The van der Waals surface area contributed by atoms with E-state index < -0.39 is 0 Å². The van der Waals surface area contributed by atoms with Gasteiger partial charge in [0.1, 0.15) is 0 Å². The third kappa shape index (κ3) is 5.38. The maximum Gasteiger partial charge on any atom is 0.0231 e. The second kappa shape index (κ2) is 6.23. The number of rotatable bonds is 6. The van der Waals surface area contributed by atoms with Gasteiger partial charge in [-0.2, -0.15) is 0 Å². The smallest absolute Gasteiger partial charge is 0.0231 e. The molecule has 0 aliphatic rings. The predicted molar refractivity (Wildman–Crippen MR) is 80.7 cm³/mol. The topological polar surface area (TPSA) is 6.48 Å². The first kappa shape index (κ1) is 16.2. The predicted octanol–water partition coefficient (Wildman–Crippen LogP) is 3.32. The van der Waals surface area contributed by atoms with Crippen molar-refractivity contribution >= 4 is 28.2 Å². The van der Waals surface area contributed by atoms with Gasteiger partial charge in [-0.05, 0) is 40.5 Å². The highest BCUT2D eigenvalue weighted by molar-refractivity contribution is 7.31. The number of hydrogen-bond donors (Lipinski definition) is 0. The van der Waals surface area contributed by atoms with Crippen LogP contribution in [0.2, 0.25) is 0 Å². The van der Waals surface area contributed by atoms with Gasteiger partial charge in [0.2, 0.25) is 0 Å². The van der Waals surface area contributed by atoms with Crippen LogP contribution in [-0.2, 0) is 0 Å². The van der Waals surface area contributed by atoms with Gasteiger partial charge in [0.05, 0.1) is 0 Å². The summed E-state index contributed by atoms with van der Waals surface area (Å²) < 4.78 is 4.50. The zero-order chi connectivity index (χ0) is 12.3. The zero-order valence-corrected chi connectivity index (χ0v) is 14.2. The summed E-state index contributed by atoms with van der Waals surface area (Å²) in [4.78, 5) is 0. The number of nitrogens with zero attached hydrogens (tertiary/aromatic N) is 2. The van der Waals surface area contributed by atoms with E-state index in [4.69, 9.17) is 0 Å². The maximum absolute atomic E-state index is 2.86. The molecular formula is C10H27N2P3. The second-order valence-corrected chi connectivity index (χ2v) is 7.66. The van der Waals surface area contributed by atoms with Crippen molar-refractivity contribution in [2.75, 3.05) is 6.54 Å². The molecule has 0 aromatic heterocycles. The van der Waals surface area contributed by atoms with Crippen LogP contribution in [0.1, 0.15) is 47.5 Å². The van der Waals surface area contributed by atoms with E-state index in [0.29, 0.717) is 0 Å². The van der Waals surface area contributed by atoms with Gasteiger partial charge in [0, 0.05) is 17.6 Å². The molecule has 0 saturated heterocycles. The largest absolute Gasteiger partial charge is 0.282 e. The van der Waals surface area contributed by atoms with E-state index in [2.05, 4.69) is 71.9 Å². The quantitative estimate of drug-likeness (QED) is 0.682. The summed E-state index contributed by atoms with van der Waals surface area (Å²) in [7, 11) is 8.31. The lowest BCUT2D eigenvalue weighted by Crippen LogP contribution is -2.40. The lowest BCUT2D eigenvalue weighted by molar-refractivity contribution is 0.209. The minimum Gasteiger partial charge on any atom is -0.282 e. The van der Waals surface area contributed by atoms with Gasteiger partial charge >= 0.3 is 0 Å². The molecular weight excluding hydrogens is 241 g/mol. The molecule has 0 aromatic carbocycles. The molecule has 2 nitrogen and oxygen atoms in total. The van der Waals surface area contributed by atoms with Crippen molar-refractivity contribution in [1.82, 2.24) is 9.11 Å². The monoisotopic (exact) mass is 268 g/mol. The van der Waals surface area contributed by atoms with E-state index >= 15 is 0 Å². The summed E-state index contributed by atoms with van der Waals surface area (Å²) in [6.07, 6.45) is 2.31. The molecule has 15 heavy (non-hydrogen) atoms. The van der Waals surface area contributed by atoms with Crippen molar-refractivity contribution in [2.24, 2.45) is 0 Å². The van der Waals surface area contributed by atoms with E-state index in [9.17, 15) is 0 Å². The minimum absolute atomic E-state index is 0.202. The van der Waals surface area contributed by atoms with Gasteiger partial charge in [0.15, 0.2) is 0 Å². The molecule has 0 rings (SSSR count). The highest BCUT2D eigenvalue weighted by Gasteiger charge is 2.25. The Hall–Kier alpha value is 1.21. The molecule has 0 heterocycles. The Kier molecular flexibility index (Phi) is 6.73. The van der Waals surface area contributed by atoms with Crippen LogP contribution < -0.4 is 0 Å². The molecule has 0 spiro atoms. The van der Waals surface area contributed by atoms with Crippen LogP contribution in [0.4, 0.5) is 0 Å². The molecule has 0 saturated carbocycles. The summed E-state index contributed by atoms with van der Waals surface area (Å²) in [5.41, 5.74) is 0.474. The van der Waals surface area contributed by atoms with Crippen LogP contribution in [-0.4, -0.2) is 26.7 Å². The Labute approximate surface area is 103 Å². The summed E-state index contributed by atoms with van der Waals surface area (Å²) in [6.45, 7) is 12.4. The van der Waals surface area contributed by atoms with E-state index in [1.54, 1.807) is 0 Å². The Bertz CT molecular complexity index is 193. The van der Waals surface area contributed by atoms with Gasteiger partial charge in [-0.1, -0.05) is 35.1 Å². The highest BCUT2D eigenvalue weighted by atomic mass is 31.1. The first-order chi connectivity index (χ1) is 6.63. The molecule has 5 heteroatoms. The average Bonchev–Trinajstić information content (AvgIpc) is 2.13. The van der Waals surface area contributed by atoms with Gasteiger partial charge < -0.3 is 0 Å². The highest BCUT2D eigenvalue weighted by Crippen LogP contribution is 2.29. The van der Waals surface area contributed by atoms with Crippen LogP contribution in [0.25, 0.3) is 0 Å². The molecule has 0 aliphatic carbocycles. The molecule has 0 bridgehead atoms. The zero-order valence-electron chi connectivity index (χ0n) is 10.7. The van der Waals surface area contributed by atoms with E-state index in [1.165, 1.54) is 6.42 Å². The lowest BCUT2D eigenvalue weighted by atomic mass is 9.98. The molecule has 3 atom stereocenters. The summed E-state index contributed by atoms with van der Waals surface area (Å²) >= 11 is 0. The molecule has 0 fully saturated rings. The Morgan fingerprint density at radius 1 is 0.933 bits per heavy atom. The van der Waals surface area contributed by atoms with Crippen molar-refractivity contribution in [1.29, 1.82) is 0 Å². The normalized spacial score (nSPS) is 14.0. The maximum atomic E-state index is 2.86. The van der Waals surface area contributed by atoms with Gasteiger partial charge in [-0.3, -0.25) is 9.11 Å². The molecule has 0 aliphatic heterocycles. The van der Waals surface area contributed by atoms with Crippen molar-refractivity contribution in [3.8, 4) is 0 Å². The van der Waals surface area contributed by atoms with Crippen molar-refractivity contribution in [3.63, 3.8) is 0 Å². The lowest BCUT2D eigenvalue weighted by Gasteiger charge is -2.38. The fourth-order valence-corrected chi connectivity index (χ4v) is 1.60. The molecule has 0 N–H and O–H groups in total. The Balaban J connectivity index is 4.17. The van der Waals surface area contributed by atoms with Gasteiger partial charge in [0.25, 0.3) is 0 Å². The molecule has 0 aromatic rings. The first-order valence-corrected chi connectivity index (χ1v) is 7.00. The second-order valence-electron chi connectivity index (χ2n) is 5.33. The van der Waals surface area contributed by atoms with Crippen molar-refractivity contribution in [2.45, 2.75) is 58.5 Å². The van der Waals surface area contributed by atoms with Gasteiger partial charge in [-0.25, -0.2) is 0 Å². The average molecular weight is 268 g/mol. The van der Waals surface area contributed by atoms with Crippen molar-refractivity contribution in [3.05, 3.63) is 0 Å². The van der Waals surface area contributed by atoms with E-state index in [0.717, 1.165) is 13.0 Å². The Morgan fingerprint density at radius 2 is 1.40 bits per heavy atom. The number of hydrogen-bond acceptors (Lipinski definition) is 2. The van der Waals surface area contributed by atoms with Crippen LogP contribution in [0, 0.1) is 0 Å². The first-order valence-electron chi connectivity index (χ1n) is 5.45. The summed E-state index contributed by atoms with van der Waals surface area (Å²) in [5.74, 6) is 0. The van der Waals surface area contributed by atoms with Crippen molar-refractivity contribution < 1.29 is 0 Å². The fraction of sp³-hybridized carbons (Fsp3) is 1.00. The standard InChI is InChI=1S/C10H27N2P3/c1-6-9(2,3)11(13)8-7-10(4,5)12(14)15/h6-8,13-15H2,1-5H3. The van der Waals surface area contributed by atoms with Crippen LogP contribution in [0.3, 0.4) is 0 Å². The fourth-order valence-electron chi connectivity index (χ4n) is 1.03. The third-order valence-corrected chi connectivity index (χ3v) is 5.66. The van der Waals surface area contributed by atoms with Gasteiger partial charge in [-0.15, -0.1) is 0 Å². The summed E-state index contributed by atoms with van der Waals surface area (Å²) in [5, 5.41) is 0. The summed E-state index contributed by atoms with van der Waals surface area (Å²) in [6, 6.07) is 0. The minimum atomic E-state index is 0.202. The molecule has 0 amide bonds. The molecule has 0 radical (unpaired) electrons. The van der Waals surface area contributed by atoms with Crippen LogP contribution in [0.5, 0.6) is 0 Å². The van der Waals surface area contributed by atoms with Crippen LogP contribution in [0.15, 0.2) is 0 Å². The van der Waals surface area contributed by atoms with Crippen LogP contribution >= 0.6 is 28.2 Å². The van der Waals surface area contributed by atoms with E-state index in [1.807, 2.05) is 0 Å². The third-order valence-electron chi connectivity index (χ3n) is 3.31. The Morgan fingerprint density at radius 3 is 1.73 bits per heavy atom. The molecule has 92 valence electrons.